The van der Waals surface area contributed by atoms with Crippen LogP contribution in [-0.4, -0.2) is 4.98 Å². The molecular weight excluding hydrogens is 285 g/mol. The molecule has 1 aromatic heterocycles. The van der Waals surface area contributed by atoms with Gasteiger partial charge in [-0.05, 0) is 24.3 Å². The van der Waals surface area contributed by atoms with E-state index in [2.05, 4.69) is 9.72 Å². The highest BCUT2D eigenvalue weighted by molar-refractivity contribution is 5.34. The number of hydrogen-bond donors (Lipinski definition) is 1. The summed E-state index contributed by atoms with van der Waals surface area (Å²) in [5, 5.41) is 0. The van der Waals surface area contributed by atoms with Crippen LogP contribution in [-0.2, 0) is 6.18 Å². The zero-order valence-corrected chi connectivity index (χ0v) is 9.59. The number of aromatic nitrogens is 1. The van der Waals surface area contributed by atoms with Crippen LogP contribution in [0.25, 0.3) is 0 Å². The standard InChI is InChI=1S/C12H6F5NO2/c13-7-3-4-18-11(19)10(7)20-9-2-1-6(5-8(9)14)12(15,16)17/h1-5H,(H,18,19). The van der Waals surface area contributed by atoms with E-state index in [-0.39, 0.29) is 6.07 Å². The molecule has 1 heterocycles. The third-order valence-corrected chi connectivity index (χ3v) is 2.34. The maximum atomic E-state index is 13.5. The molecule has 0 saturated heterocycles. The van der Waals surface area contributed by atoms with Gasteiger partial charge in [0.25, 0.3) is 5.56 Å². The minimum atomic E-state index is -4.71. The summed E-state index contributed by atoms with van der Waals surface area (Å²) >= 11 is 0. The maximum absolute atomic E-state index is 13.5. The van der Waals surface area contributed by atoms with Crippen LogP contribution in [0.15, 0.2) is 35.3 Å². The summed E-state index contributed by atoms with van der Waals surface area (Å²) in [7, 11) is 0. The number of rotatable bonds is 2. The smallest absolute Gasteiger partial charge is 0.416 e. The van der Waals surface area contributed by atoms with Gasteiger partial charge in [0.05, 0.1) is 5.56 Å². The summed E-state index contributed by atoms with van der Waals surface area (Å²) in [6.07, 6.45) is -3.71. The van der Waals surface area contributed by atoms with Crippen molar-refractivity contribution in [1.82, 2.24) is 4.98 Å². The SMILES string of the molecule is O=c1[nH]ccc(F)c1Oc1ccc(C(F)(F)F)cc1F. The molecule has 0 atom stereocenters. The zero-order chi connectivity index (χ0) is 14.9. The average molecular weight is 291 g/mol. The van der Waals surface area contributed by atoms with E-state index in [0.29, 0.717) is 12.1 Å². The number of benzene rings is 1. The third-order valence-electron chi connectivity index (χ3n) is 2.34. The van der Waals surface area contributed by atoms with Gasteiger partial charge in [-0.15, -0.1) is 0 Å². The Morgan fingerprint density at radius 1 is 1.05 bits per heavy atom. The van der Waals surface area contributed by atoms with E-state index in [4.69, 9.17) is 0 Å². The molecule has 0 amide bonds. The van der Waals surface area contributed by atoms with Crippen molar-refractivity contribution in [3.63, 3.8) is 0 Å². The van der Waals surface area contributed by atoms with E-state index in [1.165, 1.54) is 0 Å². The Bertz CT molecular complexity index is 693. The molecule has 0 aliphatic rings. The molecule has 2 aromatic rings. The Morgan fingerprint density at radius 2 is 1.75 bits per heavy atom. The Labute approximate surface area is 108 Å². The third kappa shape index (κ3) is 2.79. The van der Waals surface area contributed by atoms with Gasteiger partial charge >= 0.3 is 6.18 Å². The molecule has 0 spiro atoms. The van der Waals surface area contributed by atoms with Gasteiger partial charge in [-0.25, -0.2) is 8.78 Å². The van der Waals surface area contributed by atoms with E-state index in [0.717, 1.165) is 12.3 Å². The van der Waals surface area contributed by atoms with Crippen LogP contribution in [0.1, 0.15) is 5.56 Å². The normalized spacial score (nSPS) is 11.4. The molecule has 0 unspecified atom stereocenters. The van der Waals surface area contributed by atoms with E-state index in [9.17, 15) is 26.7 Å². The first-order chi connectivity index (χ1) is 9.29. The first kappa shape index (κ1) is 14.0. The largest absolute Gasteiger partial charge is 0.445 e. The predicted molar refractivity (Wildman–Crippen MR) is 58.5 cm³/mol. The molecule has 0 radical (unpaired) electrons. The van der Waals surface area contributed by atoms with Gasteiger partial charge in [0.1, 0.15) is 0 Å². The Morgan fingerprint density at radius 3 is 2.30 bits per heavy atom. The first-order valence-corrected chi connectivity index (χ1v) is 5.21. The van der Waals surface area contributed by atoms with Crippen LogP contribution in [0.3, 0.4) is 0 Å². The Kier molecular flexibility index (Phi) is 3.47. The van der Waals surface area contributed by atoms with Gasteiger partial charge in [-0.3, -0.25) is 4.79 Å². The minimum absolute atomic E-state index is 0.199. The molecule has 106 valence electrons. The van der Waals surface area contributed by atoms with Crippen molar-refractivity contribution in [2.24, 2.45) is 0 Å². The fourth-order valence-corrected chi connectivity index (χ4v) is 1.41. The molecular formula is C12H6F5NO2. The topological polar surface area (TPSA) is 42.1 Å². The Hall–Kier alpha value is -2.38. The molecule has 0 saturated carbocycles. The van der Waals surface area contributed by atoms with Gasteiger partial charge in [-0.1, -0.05) is 0 Å². The number of hydrogen-bond acceptors (Lipinski definition) is 2. The van der Waals surface area contributed by atoms with Gasteiger partial charge < -0.3 is 9.72 Å². The highest BCUT2D eigenvalue weighted by Gasteiger charge is 2.31. The highest BCUT2D eigenvalue weighted by Crippen LogP contribution is 2.33. The van der Waals surface area contributed by atoms with E-state index >= 15 is 0 Å². The molecule has 2 rings (SSSR count). The molecule has 0 bridgehead atoms. The minimum Gasteiger partial charge on any atom is -0.445 e. The summed E-state index contributed by atoms with van der Waals surface area (Å²) in [4.78, 5) is 13.4. The highest BCUT2D eigenvalue weighted by atomic mass is 19.4. The maximum Gasteiger partial charge on any atom is 0.416 e. The summed E-state index contributed by atoms with van der Waals surface area (Å²) in [6.45, 7) is 0. The van der Waals surface area contributed by atoms with Crippen molar-refractivity contribution in [3.8, 4) is 11.5 Å². The molecule has 0 aliphatic carbocycles. The van der Waals surface area contributed by atoms with E-state index < -0.39 is 40.4 Å². The average Bonchev–Trinajstić information content (AvgIpc) is 2.34. The molecule has 0 fully saturated rings. The van der Waals surface area contributed by atoms with Crippen LogP contribution in [0, 0.1) is 11.6 Å². The number of alkyl halides is 3. The Balaban J connectivity index is 2.38. The summed E-state index contributed by atoms with van der Waals surface area (Å²) in [6, 6.07) is 2.29. The van der Waals surface area contributed by atoms with Crippen molar-refractivity contribution in [3.05, 3.63) is 58.0 Å². The van der Waals surface area contributed by atoms with Crippen LogP contribution < -0.4 is 10.3 Å². The van der Waals surface area contributed by atoms with Gasteiger partial charge in [0.15, 0.2) is 17.4 Å². The van der Waals surface area contributed by atoms with Crippen molar-refractivity contribution in [2.75, 3.05) is 0 Å². The van der Waals surface area contributed by atoms with Crippen LogP contribution in [0.2, 0.25) is 0 Å². The molecule has 1 N–H and O–H groups in total. The van der Waals surface area contributed by atoms with Gasteiger partial charge in [-0.2, -0.15) is 13.2 Å². The van der Waals surface area contributed by atoms with Gasteiger partial charge in [0, 0.05) is 6.20 Å². The van der Waals surface area contributed by atoms with Crippen LogP contribution in [0.5, 0.6) is 11.5 Å². The summed E-state index contributed by atoms with van der Waals surface area (Å²) < 4.78 is 68.4. The number of nitrogens with one attached hydrogen (secondary N) is 1. The summed E-state index contributed by atoms with van der Waals surface area (Å²) in [5.41, 5.74) is -2.19. The first-order valence-electron chi connectivity index (χ1n) is 5.21. The molecule has 3 nitrogen and oxygen atoms in total. The lowest BCUT2D eigenvalue weighted by Gasteiger charge is -2.10. The fraction of sp³-hybridized carbons (Fsp3) is 0.0833. The molecule has 0 aliphatic heterocycles. The van der Waals surface area contributed by atoms with Crippen molar-refractivity contribution >= 4 is 0 Å². The van der Waals surface area contributed by atoms with Crippen molar-refractivity contribution in [1.29, 1.82) is 0 Å². The van der Waals surface area contributed by atoms with E-state index in [1.54, 1.807) is 0 Å². The fourth-order valence-electron chi connectivity index (χ4n) is 1.41. The number of pyridine rings is 1. The number of ether oxygens (including phenoxy) is 1. The predicted octanol–water partition coefficient (Wildman–Crippen LogP) is 3.46. The number of aromatic amines is 1. The van der Waals surface area contributed by atoms with E-state index in [1.807, 2.05) is 0 Å². The lowest BCUT2D eigenvalue weighted by molar-refractivity contribution is -0.137. The molecule has 20 heavy (non-hydrogen) atoms. The number of H-pyrrole nitrogens is 1. The van der Waals surface area contributed by atoms with Gasteiger partial charge in [0.2, 0.25) is 5.75 Å². The monoisotopic (exact) mass is 291 g/mol. The molecule has 1 aromatic carbocycles. The quantitative estimate of drug-likeness (QED) is 0.861. The van der Waals surface area contributed by atoms with Crippen LogP contribution >= 0.6 is 0 Å². The van der Waals surface area contributed by atoms with Crippen LogP contribution in [0.4, 0.5) is 22.0 Å². The zero-order valence-electron chi connectivity index (χ0n) is 9.59. The second kappa shape index (κ2) is 4.95. The lowest BCUT2D eigenvalue weighted by Crippen LogP contribution is -2.11. The van der Waals surface area contributed by atoms with Crippen molar-refractivity contribution in [2.45, 2.75) is 6.18 Å². The molecule has 8 heteroatoms. The van der Waals surface area contributed by atoms with Crippen molar-refractivity contribution < 1.29 is 26.7 Å². The lowest BCUT2D eigenvalue weighted by atomic mass is 10.2. The summed E-state index contributed by atoms with van der Waals surface area (Å²) in [5.74, 6) is -3.93. The second-order valence-electron chi connectivity index (χ2n) is 3.73. The second-order valence-corrected chi connectivity index (χ2v) is 3.73. The number of halogens is 5.